The average molecular weight is 465 g/mol. The van der Waals surface area contributed by atoms with Crippen molar-refractivity contribution in [3.05, 3.63) is 11.6 Å². The van der Waals surface area contributed by atoms with Crippen LogP contribution in [0.4, 0.5) is 22.0 Å². The van der Waals surface area contributed by atoms with Gasteiger partial charge in [0.2, 0.25) is 0 Å². The molecular formula is C25H37F5O2. The lowest BCUT2D eigenvalue weighted by atomic mass is 9.54. The molecule has 0 radical (unpaired) electrons. The molecule has 5 aliphatic rings. The number of hydrogen-bond donors (Lipinski definition) is 0. The fourth-order valence-electron chi connectivity index (χ4n) is 7.12. The lowest BCUT2D eigenvalue weighted by Gasteiger charge is -2.54. The minimum Gasteiger partial charge on any atom is -0.349 e. The molecule has 2 nitrogen and oxygen atoms in total. The Labute approximate surface area is 188 Å². The Morgan fingerprint density at radius 3 is 2.22 bits per heavy atom. The summed E-state index contributed by atoms with van der Waals surface area (Å²) in [6, 6.07) is 0. The smallest absolute Gasteiger partial charge is 0.349 e. The van der Waals surface area contributed by atoms with E-state index in [0.717, 1.165) is 49.7 Å². The van der Waals surface area contributed by atoms with Gasteiger partial charge in [0.1, 0.15) is 0 Å². The van der Waals surface area contributed by atoms with Gasteiger partial charge < -0.3 is 9.47 Å². The van der Waals surface area contributed by atoms with Crippen molar-refractivity contribution in [3.63, 3.8) is 0 Å². The molecule has 3 saturated carbocycles. The van der Waals surface area contributed by atoms with Gasteiger partial charge in [-0.2, -0.15) is 13.2 Å². The Balaban J connectivity index is 0.000000307. The van der Waals surface area contributed by atoms with Crippen molar-refractivity contribution in [1.82, 2.24) is 0 Å². The molecule has 1 spiro atoms. The number of fused-ring (bicyclic) bond motifs is 5. The molecule has 7 heteroatoms. The van der Waals surface area contributed by atoms with Crippen LogP contribution in [0, 0.1) is 34.5 Å². The molecule has 5 rings (SSSR count). The summed E-state index contributed by atoms with van der Waals surface area (Å²) in [4.78, 5) is 0. The van der Waals surface area contributed by atoms with E-state index in [1.807, 2.05) is 5.57 Å². The molecule has 0 N–H and O–H groups in total. The number of hydrogen-bond acceptors (Lipinski definition) is 2. The van der Waals surface area contributed by atoms with E-state index in [-0.39, 0.29) is 11.2 Å². The van der Waals surface area contributed by atoms with Crippen LogP contribution < -0.4 is 0 Å². The highest BCUT2D eigenvalue weighted by Crippen LogP contribution is 2.61. The summed E-state index contributed by atoms with van der Waals surface area (Å²) in [6.45, 7) is 8.79. The Hall–Kier alpha value is -0.690. The highest BCUT2D eigenvalue weighted by molar-refractivity contribution is 5.24. The monoisotopic (exact) mass is 464 g/mol. The van der Waals surface area contributed by atoms with Crippen LogP contribution in [-0.4, -0.2) is 31.6 Å². The number of rotatable bonds is 0. The summed E-state index contributed by atoms with van der Waals surface area (Å²) >= 11 is 0. The molecule has 0 aromatic heterocycles. The second-order valence-corrected chi connectivity index (χ2v) is 11.8. The average Bonchev–Trinajstić information content (AvgIpc) is 3.12. The minimum atomic E-state index is -5.33. The lowest BCUT2D eigenvalue weighted by Crippen LogP contribution is -2.53. The van der Waals surface area contributed by atoms with Gasteiger partial charge in [-0.25, -0.2) is 8.78 Å². The summed E-state index contributed by atoms with van der Waals surface area (Å²) in [7, 11) is 0. The molecule has 4 aliphatic carbocycles. The van der Waals surface area contributed by atoms with E-state index in [4.69, 9.17) is 9.47 Å². The van der Waals surface area contributed by atoms with Crippen LogP contribution in [0.15, 0.2) is 11.6 Å². The van der Waals surface area contributed by atoms with Gasteiger partial charge in [0.25, 0.3) is 0 Å². The zero-order valence-electron chi connectivity index (χ0n) is 19.4. The van der Waals surface area contributed by atoms with E-state index in [1.165, 1.54) is 44.9 Å². The Kier molecular flexibility index (Phi) is 6.50. The maximum Gasteiger partial charge on any atom is 0.450 e. The predicted octanol–water partition coefficient (Wildman–Crippen LogP) is 7.53. The first kappa shape index (κ1) is 24.4. The summed E-state index contributed by atoms with van der Waals surface area (Å²) < 4.78 is 64.8. The third-order valence-electron chi connectivity index (χ3n) is 8.83. The highest BCUT2D eigenvalue weighted by Gasteiger charge is 2.53. The number of allylic oxidation sites excluding steroid dienone is 2. The van der Waals surface area contributed by atoms with Crippen LogP contribution in [0.25, 0.3) is 0 Å². The first-order valence-electron chi connectivity index (χ1n) is 12.2. The maximum absolute atomic E-state index is 10.4. The van der Waals surface area contributed by atoms with E-state index >= 15 is 0 Å². The lowest BCUT2D eigenvalue weighted by molar-refractivity contribution is -0.319. The predicted molar refractivity (Wildman–Crippen MR) is 112 cm³/mol. The van der Waals surface area contributed by atoms with Gasteiger partial charge in [-0.05, 0) is 67.6 Å². The van der Waals surface area contributed by atoms with Crippen LogP contribution in [0.1, 0.15) is 78.6 Å². The van der Waals surface area contributed by atoms with Gasteiger partial charge >= 0.3 is 12.6 Å². The Morgan fingerprint density at radius 2 is 1.59 bits per heavy atom. The van der Waals surface area contributed by atoms with E-state index in [0.29, 0.717) is 5.41 Å². The molecule has 184 valence electrons. The van der Waals surface area contributed by atoms with Crippen molar-refractivity contribution in [2.24, 2.45) is 34.5 Å². The highest BCUT2D eigenvalue weighted by atomic mass is 19.4. The Bertz CT molecular complexity index is 706. The van der Waals surface area contributed by atoms with Gasteiger partial charge in [0.15, 0.2) is 5.79 Å². The Morgan fingerprint density at radius 1 is 0.938 bits per heavy atom. The number of ether oxygens (including phenoxy) is 2. The fraction of sp³-hybridized carbons (Fsp3) is 0.920. The van der Waals surface area contributed by atoms with Crippen LogP contribution >= 0.6 is 0 Å². The van der Waals surface area contributed by atoms with Crippen molar-refractivity contribution in [2.75, 3.05) is 13.2 Å². The molecular weight excluding hydrogens is 427 g/mol. The van der Waals surface area contributed by atoms with E-state index in [2.05, 4.69) is 26.8 Å². The van der Waals surface area contributed by atoms with Gasteiger partial charge in [0.05, 0.1) is 13.2 Å². The largest absolute Gasteiger partial charge is 0.450 e. The van der Waals surface area contributed by atoms with E-state index in [1.54, 1.807) is 0 Å². The van der Waals surface area contributed by atoms with Gasteiger partial charge in [-0.15, -0.1) is 0 Å². The normalized spacial score (nSPS) is 40.0. The third-order valence-corrected chi connectivity index (χ3v) is 8.83. The fourth-order valence-corrected chi connectivity index (χ4v) is 7.12. The molecule has 0 bridgehead atoms. The quantitative estimate of drug-likeness (QED) is 0.272. The summed E-state index contributed by atoms with van der Waals surface area (Å²) in [5.74, 6) is 3.26. The molecule has 32 heavy (non-hydrogen) atoms. The second-order valence-electron chi connectivity index (χ2n) is 11.8. The van der Waals surface area contributed by atoms with Crippen molar-refractivity contribution in [2.45, 2.75) is 96.9 Å². The molecule has 0 aromatic carbocycles. The van der Waals surface area contributed by atoms with Crippen molar-refractivity contribution in [3.8, 4) is 0 Å². The van der Waals surface area contributed by atoms with Gasteiger partial charge in [-0.3, -0.25) is 0 Å². The number of alkyl halides is 5. The van der Waals surface area contributed by atoms with Gasteiger partial charge in [0, 0.05) is 18.3 Å². The van der Waals surface area contributed by atoms with Crippen molar-refractivity contribution >= 4 is 0 Å². The molecule has 1 saturated heterocycles. The molecule has 4 fully saturated rings. The minimum absolute atomic E-state index is 0.179. The standard InChI is InChI=1S/C23H36O2.C2HF5/c1-21(2)14-24-23(25-15-21)12-9-17-16(13-23)6-7-19-18(17)8-11-22(3)10-4-5-20(19)22;3-1(4)2(5,6)7/h8,16-17,19-20H,4-7,9-15H2,1-3H3;1H. The van der Waals surface area contributed by atoms with E-state index in [9.17, 15) is 22.0 Å². The molecule has 0 amide bonds. The molecule has 1 aliphatic heterocycles. The van der Waals surface area contributed by atoms with Crippen LogP contribution in [0.3, 0.4) is 0 Å². The molecule has 5 unspecified atom stereocenters. The summed E-state index contributed by atoms with van der Waals surface area (Å²) in [5, 5.41) is 0. The second kappa shape index (κ2) is 8.51. The summed E-state index contributed by atoms with van der Waals surface area (Å²) in [6.07, 6.45) is 5.29. The summed E-state index contributed by atoms with van der Waals surface area (Å²) in [5.41, 5.74) is 2.67. The van der Waals surface area contributed by atoms with Crippen LogP contribution in [-0.2, 0) is 9.47 Å². The zero-order valence-corrected chi connectivity index (χ0v) is 19.4. The third kappa shape index (κ3) is 4.75. The van der Waals surface area contributed by atoms with Crippen molar-refractivity contribution < 1.29 is 31.4 Å². The molecule has 5 atom stereocenters. The molecule has 0 aromatic rings. The molecule has 1 heterocycles. The topological polar surface area (TPSA) is 18.5 Å². The van der Waals surface area contributed by atoms with Crippen molar-refractivity contribution in [1.29, 1.82) is 0 Å². The first-order valence-corrected chi connectivity index (χ1v) is 12.2. The zero-order chi connectivity index (χ0) is 23.4. The SMILES string of the molecule is CC1(C)COC2(CCC3C4=CCC5(C)CCCC5C4CCC3C2)OC1.FC(F)C(F)(F)F. The first-order chi connectivity index (χ1) is 14.8. The maximum atomic E-state index is 10.4. The van der Waals surface area contributed by atoms with Crippen LogP contribution in [0.2, 0.25) is 0 Å². The van der Waals surface area contributed by atoms with Gasteiger partial charge in [-0.1, -0.05) is 38.8 Å². The van der Waals surface area contributed by atoms with Crippen LogP contribution in [0.5, 0.6) is 0 Å². The van der Waals surface area contributed by atoms with E-state index < -0.39 is 12.6 Å². The number of halogens is 5.